The first kappa shape index (κ1) is 19.1. The van der Waals surface area contributed by atoms with E-state index in [-0.39, 0.29) is 18.3 Å². The number of rotatable bonds is 8. The number of likely N-dealkylation sites (N-methyl/N-ethyl adjacent to an activating group) is 1. The van der Waals surface area contributed by atoms with E-state index in [0.717, 1.165) is 16.9 Å². The van der Waals surface area contributed by atoms with Crippen LogP contribution in [-0.2, 0) is 24.5 Å². The van der Waals surface area contributed by atoms with Gasteiger partial charge in [-0.1, -0.05) is 42.5 Å². The normalized spacial score (nSPS) is 10.3. The molecule has 0 fully saturated rings. The van der Waals surface area contributed by atoms with Crippen molar-refractivity contribution in [1.82, 2.24) is 19.7 Å². The van der Waals surface area contributed by atoms with E-state index in [9.17, 15) is 4.79 Å². The summed E-state index contributed by atoms with van der Waals surface area (Å²) in [5, 5.41) is 16.3. The van der Waals surface area contributed by atoms with Gasteiger partial charge in [0.05, 0.1) is 0 Å². The average Bonchev–Trinajstić information content (AvgIpc) is 3.19. The molecule has 0 saturated carbocycles. The van der Waals surface area contributed by atoms with Gasteiger partial charge in [-0.3, -0.25) is 9.36 Å². The van der Waals surface area contributed by atoms with Crippen molar-refractivity contribution in [3.05, 3.63) is 77.9 Å². The molecule has 0 radical (unpaired) electrons. The summed E-state index contributed by atoms with van der Waals surface area (Å²) >= 11 is 0. The second-order valence-corrected chi connectivity index (χ2v) is 6.22. The van der Waals surface area contributed by atoms with Crippen molar-refractivity contribution in [1.29, 1.82) is 5.26 Å². The molecule has 0 saturated heterocycles. The maximum Gasteiger partial charge on any atom is 0.242 e. The van der Waals surface area contributed by atoms with Crippen molar-refractivity contribution >= 4 is 5.91 Å². The molecule has 0 spiro atoms. The predicted molar refractivity (Wildman–Crippen MR) is 103 cm³/mol. The van der Waals surface area contributed by atoms with Crippen molar-refractivity contribution < 1.29 is 9.53 Å². The molecule has 2 aromatic carbocycles. The fourth-order valence-electron chi connectivity index (χ4n) is 2.73. The van der Waals surface area contributed by atoms with Crippen molar-refractivity contribution in [2.24, 2.45) is 0 Å². The number of nitrogens with zero attached hydrogens (tertiary/aromatic N) is 5. The van der Waals surface area contributed by atoms with Crippen LogP contribution in [0.3, 0.4) is 0 Å². The Morgan fingerprint density at radius 2 is 1.89 bits per heavy atom. The standard InChI is InChI=1S/C21H21N5O2/c1-2-25(21(27)14-26-16-23-24-20(26)12-22)13-17-8-10-19(11-9-17)28-15-18-6-4-3-5-7-18/h3-11,16H,2,13-15H2,1H3. The lowest BCUT2D eigenvalue weighted by Gasteiger charge is -2.21. The zero-order valence-corrected chi connectivity index (χ0v) is 15.7. The summed E-state index contributed by atoms with van der Waals surface area (Å²) < 4.78 is 7.24. The maximum absolute atomic E-state index is 12.6. The van der Waals surface area contributed by atoms with Gasteiger partial charge >= 0.3 is 0 Å². The Bertz CT molecular complexity index is 945. The summed E-state index contributed by atoms with van der Waals surface area (Å²) in [6.07, 6.45) is 1.39. The van der Waals surface area contributed by atoms with Crippen LogP contribution in [-0.4, -0.2) is 32.1 Å². The SMILES string of the molecule is CCN(Cc1ccc(OCc2ccccc2)cc1)C(=O)Cn1cnnc1C#N. The minimum Gasteiger partial charge on any atom is -0.489 e. The molecule has 3 aromatic rings. The van der Waals surface area contributed by atoms with Gasteiger partial charge in [-0.15, -0.1) is 10.2 Å². The molecular formula is C21H21N5O2. The van der Waals surface area contributed by atoms with Gasteiger partial charge in [-0.05, 0) is 30.2 Å². The quantitative estimate of drug-likeness (QED) is 0.604. The molecule has 0 aliphatic carbocycles. The molecule has 0 bridgehead atoms. The molecule has 1 aromatic heterocycles. The van der Waals surface area contributed by atoms with E-state index in [1.807, 2.05) is 67.6 Å². The van der Waals surface area contributed by atoms with Crippen LogP contribution in [0.4, 0.5) is 0 Å². The Morgan fingerprint density at radius 1 is 1.14 bits per heavy atom. The monoisotopic (exact) mass is 375 g/mol. The van der Waals surface area contributed by atoms with Crippen molar-refractivity contribution in [3.8, 4) is 11.8 Å². The van der Waals surface area contributed by atoms with Crippen LogP contribution in [0.5, 0.6) is 5.75 Å². The third-order valence-corrected chi connectivity index (χ3v) is 4.30. The highest BCUT2D eigenvalue weighted by Crippen LogP contribution is 2.16. The van der Waals surface area contributed by atoms with E-state index < -0.39 is 0 Å². The summed E-state index contributed by atoms with van der Waals surface area (Å²) in [4.78, 5) is 14.3. The summed E-state index contributed by atoms with van der Waals surface area (Å²) in [5.74, 6) is 0.817. The second-order valence-electron chi connectivity index (χ2n) is 6.22. The van der Waals surface area contributed by atoms with E-state index in [4.69, 9.17) is 10.00 Å². The largest absolute Gasteiger partial charge is 0.489 e. The summed E-state index contributed by atoms with van der Waals surface area (Å²) in [6.45, 7) is 3.53. The molecule has 1 amide bonds. The number of hydrogen-bond donors (Lipinski definition) is 0. The zero-order chi connectivity index (χ0) is 19.8. The fourth-order valence-corrected chi connectivity index (χ4v) is 2.73. The minimum absolute atomic E-state index is 0.0437. The maximum atomic E-state index is 12.6. The number of aromatic nitrogens is 3. The third-order valence-electron chi connectivity index (χ3n) is 4.30. The van der Waals surface area contributed by atoms with Crippen LogP contribution >= 0.6 is 0 Å². The first-order valence-electron chi connectivity index (χ1n) is 9.01. The minimum atomic E-state index is -0.0943. The highest BCUT2D eigenvalue weighted by atomic mass is 16.5. The fraction of sp³-hybridized carbons (Fsp3) is 0.238. The van der Waals surface area contributed by atoms with Gasteiger partial charge in [0, 0.05) is 13.1 Å². The number of ether oxygens (including phenoxy) is 1. The van der Waals surface area contributed by atoms with Gasteiger partial charge in [0.1, 0.15) is 31.3 Å². The summed E-state index contributed by atoms with van der Waals surface area (Å²) in [7, 11) is 0. The molecule has 7 nitrogen and oxygen atoms in total. The van der Waals surface area contributed by atoms with Gasteiger partial charge in [0.25, 0.3) is 0 Å². The second kappa shape index (κ2) is 9.33. The number of hydrogen-bond acceptors (Lipinski definition) is 5. The Kier molecular flexibility index (Phi) is 6.37. The van der Waals surface area contributed by atoms with E-state index in [1.165, 1.54) is 10.9 Å². The van der Waals surface area contributed by atoms with Crippen LogP contribution < -0.4 is 4.74 Å². The lowest BCUT2D eigenvalue weighted by Crippen LogP contribution is -2.33. The molecule has 0 atom stereocenters. The van der Waals surface area contributed by atoms with Gasteiger partial charge in [-0.25, -0.2) is 0 Å². The lowest BCUT2D eigenvalue weighted by atomic mass is 10.2. The van der Waals surface area contributed by atoms with E-state index in [2.05, 4.69) is 10.2 Å². The topological polar surface area (TPSA) is 84.0 Å². The van der Waals surface area contributed by atoms with Crippen LogP contribution in [0.25, 0.3) is 0 Å². The molecule has 142 valence electrons. The Labute approximate surface area is 163 Å². The van der Waals surface area contributed by atoms with Crippen molar-refractivity contribution in [2.75, 3.05) is 6.54 Å². The van der Waals surface area contributed by atoms with E-state index in [1.54, 1.807) is 4.90 Å². The molecule has 1 heterocycles. The zero-order valence-electron chi connectivity index (χ0n) is 15.7. The highest BCUT2D eigenvalue weighted by molar-refractivity contribution is 5.76. The Hall–Kier alpha value is -3.66. The molecule has 28 heavy (non-hydrogen) atoms. The smallest absolute Gasteiger partial charge is 0.242 e. The average molecular weight is 375 g/mol. The Morgan fingerprint density at radius 3 is 2.57 bits per heavy atom. The molecule has 0 unspecified atom stereocenters. The van der Waals surface area contributed by atoms with Crippen molar-refractivity contribution in [3.63, 3.8) is 0 Å². The van der Waals surface area contributed by atoms with E-state index in [0.29, 0.717) is 19.7 Å². The van der Waals surface area contributed by atoms with Gasteiger partial charge in [0.15, 0.2) is 0 Å². The van der Waals surface area contributed by atoms with Gasteiger partial charge in [-0.2, -0.15) is 5.26 Å². The van der Waals surface area contributed by atoms with Crippen LogP contribution in [0.2, 0.25) is 0 Å². The van der Waals surface area contributed by atoms with Crippen LogP contribution in [0.1, 0.15) is 23.9 Å². The number of amides is 1. The highest BCUT2D eigenvalue weighted by Gasteiger charge is 2.15. The summed E-state index contributed by atoms with van der Waals surface area (Å²) in [6, 6.07) is 19.6. The van der Waals surface area contributed by atoms with Crippen LogP contribution in [0, 0.1) is 11.3 Å². The first-order chi connectivity index (χ1) is 13.7. The predicted octanol–water partition coefficient (Wildman–Crippen LogP) is 2.78. The van der Waals surface area contributed by atoms with Crippen LogP contribution in [0.15, 0.2) is 60.9 Å². The first-order valence-corrected chi connectivity index (χ1v) is 9.01. The molecule has 3 rings (SSSR count). The molecule has 0 aliphatic heterocycles. The Balaban J connectivity index is 1.57. The molecule has 0 aliphatic rings. The number of carbonyl (C=O) groups is 1. The number of nitriles is 1. The number of carbonyl (C=O) groups excluding carboxylic acids is 1. The van der Waals surface area contributed by atoms with Crippen molar-refractivity contribution in [2.45, 2.75) is 26.6 Å². The third kappa shape index (κ3) is 4.95. The van der Waals surface area contributed by atoms with E-state index >= 15 is 0 Å². The number of benzene rings is 2. The lowest BCUT2D eigenvalue weighted by molar-refractivity contribution is -0.132. The summed E-state index contributed by atoms with van der Waals surface area (Å²) in [5.41, 5.74) is 2.12. The van der Waals surface area contributed by atoms with Gasteiger partial charge < -0.3 is 9.64 Å². The van der Waals surface area contributed by atoms with Gasteiger partial charge in [0.2, 0.25) is 11.7 Å². The molecular weight excluding hydrogens is 354 g/mol. The molecule has 0 N–H and O–H groups in total. The molecule has 7 heteroatoms.